The first-order chi connectivity index (χ1) is 11.2. The van der Waals surface area contributed by atoms with Crippen LogP contribution in [0.3, 0.4) is 0 Å². The Morgan fingerprint density at radius 3 is 2.26 bits per heavy atom. The predicted molar refractivity (Wildman–Crippen MR) is 92.2 cm³/mol. The van der Waals surface area contributed by atoms with Crippen LogP contribution >= 0.6 is 0 Å². The number of terminal acetylenes is 1. The third-order valence-electron chi connectivity index (χ3n) is 4.07. The highest BCUT2D eigenvalue weighted by Gasteiger charge is 2.33. The van der Waals surface area contributed by atoms with Gasteiger partial charge >= 0.3 is 0 Å². The van der Waals surface area contributed by atoms with Gasteiger partial charge in [-0.15, -0.1) is 6.42 Å². The van der Waals surface area contributed by atoms with E-state index in [9.17, 15) is 0 Å². The second-order valence-electron chi connectivity index (χ2n) is 6.66. The standard InChI is InChI=1S/C20H28O3/c1-3-18-8-10-19(11-9-18)14-21-12-6-4-5-7-13-22-15-20(2)16-23-17-20/h1,8-11H,4-7,12-17H2,2H3. The molecule has 0 aromatic heterocycles. The van der Waals surface area contributed by atoms with Gasteiger partial charge in [0.05, 0.1) is 26.4 Å². The smallest absolute Gasteiger partial charge is 0.0716 e. The number of ether oxygens (including phenoxy) is 3. The average Bonchev–Trinajstić information content (AvgIpc) is 2.55. The summed E-state index contributed by atoms with van der Waals surface area (Å²) in [5, 5.41) is 0. The molecule has 1 fully saturated rings. The molecule has 3 nitrogen and oxygen atoms in total. The van der Waals surface area contributed by atoms with Gasteiger partial charge < -0.3 is 14.2 Å². The van der Waals surface area contributed by atoms with Crippen molar-refractivity contribution in [2.75, 3.05) is 33.0 Å². The molecule has 1 saturated heterocycles. The van der Waals surface area contributed by atoms with Crippen molar-refractivity contribution < 1.29 is 14.2 Å². The summed E-state index contributed by atoms with van der Waals surface area (Å²) in [4.78, 5) is 0. The fourth-order valence-electron chi connectivity index (χ4n) is 2.50. The number of unbranched alkanes of at least 4 members (excludes halogenated alkanes) is 3. The van der Waals surface area contributed by atoms with Gasteiger partial charge in [-0.1, -0.05) is 37.8 Å². The Morgan fingerprint density at radius 1 is 1.04 bits per heavy atom. The summed E-state index contributed by atoms with van der Waals surface area (Å²) in [5.74, 6) is 2.62. The van der Waals surface area contributed by atoms with E-state index >= 15 is 0 Å². The number of hydrogen-bond acceptors (Lipinski definition) is 3. The quantitative estimate of drug-likeness (QED) is 0.459. The molecule has 1 aliphatic heterocycles. The van der Waals surface area contributed by atoms with Crippen molar-refractivity contribution in [2.45, 2.75) is 39.2 Å². The van der Waals surface area contributed by atoms with Gasteiger partial charge in [0.25, 0.3) is 0 Å². The molecule has 0 unspecified atom stereocenters. The molecule has 1 aromatic carbocycles. The van der Waals surface area contributed by atoms with Gasteiger partial charge in [-0.3, -0.25) is 0 Å². The molecular formula is C20H28O3. The molecule has 0 atom stereocenters. The summed E-state index contributed by atoms with van der Waals surface area (Å²) in [6, 6.07) is 7.96. The normalized spacial score (nSPS) is 15.8. The molecule has 23 heavy (non-hydrogen) atoms. The van der Waals surface area contributed by atoms with E-state index in [1.165, 1.54) is 18.4 Å². The van der Waals surface area contributed by atoms with Crippen LogP contribution in [0.4, 0.5) is 0 Å². The minimum atomic E-state index is 0.270. The van der Waals surface area contributed by atoms with Gasteiger partial charge in [0, 0.05) is 24.2 Å². The van der Waals surface area contributed by atoms with Crippen molar-refractivity contribution >= 4 is 0 Å². The van der Waals surface area contributed by atoms with E-state index in [2.05, 4.69) is 12.8 Å². The highest BCUT2D eigenvalue weighted by Crippen LogP contribution is 2.26. The zero-order chi connectivity index (χ0) is 16.4. The fourth-order valence-corrected chi connectivity index (χ4v) is 2.50. The number of rotatable bonds is 11. The first-order valence-electron chi connectivity index (χ1n) is 8.51. The lowest BCUT2D eigenvalue weighted by Gasteiger charge is -2.37. The van der Waals surface area contributed by atoms with Crippen molar-refractivity contribution in [3.63, 3.8) is 0 Å². The average molecular weight is 316 g/mol. The van der Waals surface area contributed by atoms with Crippen LogP contribution in [0.15, 0.2) is 24.3 Å². The molecule has 126 valence electrons. The topological polar surface area (TPSA) is 27.7 Å². The molecule has 2 rings (SSSR count). The van der Waals surface area contributed by atoms with E-state index in [4.69, 9.17) is 20.6 Å². The molecular weight excluding hydrogens is 288 g/mol. The largest absolute Gasteiger partial charge is 0.381 e. The molecule has 1 heterocycles. The summed E-state index contributed by atoms with van der Waals surface area (Å²) in [6.45, 7) is 7.06. The van der Waals surface area contributed by atoms with E-state index in [1.807, 2.05) is 24.3 Å². The van der Waals surface area contributed by atoms with Crippen LogP contribution in [0.25, 0.3) is 0 Å². The zero-order valence-corrected chi connectivity index (χ0v) is 14.2. The van der Waals surface area contributed by atoms with E-state index in [-0.39, 0.29) is 5.41 Å². The monoisotopic (exact) mass is 316 g/mol. The third-order valence-corrected chi connectivity index (χ3v) is 4.07. The van der Waals surface area contributed by atoms with Crippen LogP contribution in [-0.4, -0.2) is 33.0 Å². The van der Waals surface area contributed by atoms with Crippen LogP contribution in [0, 0.1) is 17.8 Å². The summed E-state index contributed by atoms with van der Waals surface area (Å²) < 4.78 is 16.6. The molecule has 0 radical (unpaired) electrons. The van der Waals surface area contributed by atoms with Crippen molar-refractivity contribution in [1.82, 2.24) is 0 Å². The van der Waals surface area contributed by atoms with E-state index in [0.717, 1.165) is 51.4 Å². The summed E-state index contributed by atoms with van der Waals surface area (Å²) in [7, 11) is 0. The van der Waals surface area contributed by atoms with E-state index in [1.54, 1.807) is 0 Å². The molecule has 0 saturated carbocycles. The Labute approximate surface area is 140 Å². The van der Waals surface area contributed by atoms with Crippen LogP contribution in [0.5, 0.6) is 0 Å². The lowest BCUT2D eigenvalue weighted by atomic mass is 9.90. The van der Waals surface area contributed by atoms with Gasteiger partial charge in [0.15, 0.2) is 0 Å². The Hall–Kier alpha value is -1.34. The van der Waals surface area contributed by atoms with Crippen LogP contribution in [-0.2, 0) is 20.8 Å². The number of hydrogen-bond donors (Lipinski definition) is 0. The lowest BCUT2D eigenvalue weighted by Crippen LogP contribution is -2.43. The molecule has 1 aliphatic rings. The Morgan fingerprint density at radius 2 is 1.70 bits per heavy atom. The summed E-state index contributed by atoms with van der Waals surface area (Å²) in [6.07, 6.45) is 9.96. The highest BCUT2D eigenvalue weighted by molar-refractivity contribution is 5.33. The van der Waals surface area contributed by atoms with Gasteiger partial charge in [-0.25, -0.2) is 0 Å². The Kier molecular flexibility index (Phi) is 7.61. The van der Waals surface area contributed by atoms with Gasteiger partial charge in [0.1, 0.15) is 0 Å². The maximum Gasteiger partial charge on any atom is 0.0716 e. The molecule has 0 amide bonds. The molecule has 3 heteroatoms. The maximum absolute atomic E-state index is 5.72. The Bertz CT molecular complexity index is 483. The zero-order valence-electron chi connectivity index (χ0n) is 14.2. The highest BCUT2D eigenvalue weighted by atomic mass is 16.5. The van der Waals surface area contributed by atoms with Crippen molar-refractivity contribution in [1.29, 1.82) is 0 Å². The second kappa shape index (κ2) is 9.72. The minimum Gasteiger partial charge on any atom is -0.381 e. The van der Waals surface area contributed by atoms with Crippen molar-refractivity contribution in [3.8, 4) is 12.3 Å². The molecule has 0 spiro atoms. The van der Waals surface area contributed by atoms with Gasteiger partial charge in [0.2, 0.25) is 0 Å². The first kappa shape index (κ1) is 18.0. The lowest BCUT2D eigenvalue weighted by molar-refractivity contribution is -0.137. The van der Waals surface area contributed by atoms with Gasteiger partial charge in [-0.2, -0.15) is 0 Å². The van der Waals surface area contributed by atoms with Crippen molar-refractivity contribution in [3.05, 3.63) is 35.4 Å². The molecule has 0 N–H and O–H groups in total. The summed E-state index contributed by atoms with van der Waals surface area (Å²) >= 11 is 0. The van der Waals surface area contributed by atoms with Crippen LogP contribution < -0.4 is 0 Å². The fraction of sp³-hybridized carbons (Fsp3) is 0.600. The number of benzene rings is 1. The van der Waals surface area contributed by atoms with Crippen LogP contribution in [0.1, 0.15) is 43.7 Å². The van der Waals surface area contributed by atoms with Gasteiger partial charge in [-0.05, 0) is 30.5 Å². The SMILES string of the molecule is C#Cc1ccc(COCCCCCCOCC2(C)COC2)cc1. The summed E-state index contributed by atoms with van der Waals surface area (Å²) in [5.41, 5.74) is 2.35. The second-order valence-corrected chi connectivity index (χ2v) is 6.66. The van der Waals surface area contributed by atoms with Crippen molar-refractivity contribution in [2.24, 2.45) is 5.41 Å². The van der Waals surface area contributed by atoms with Crippen LogP contribution in [0.2, 0.25) is 0 Å². The Balaban J connectivity index is 1.38. The maximum atomic E-state index is 5.72. The first-order valence-corrected chi connectivity index (χ1v) is 8.51. The van der Waals surface area contributed by atoms with E-state index < -0.39 is 0 Å². The van der Waals surface area contributed by atoms with E-state index in [0.29, 0.717) is 6.61 Å². The molecule has 0 bridgehead atoms. The molecule has 0 aliphatic carbocycles. The predicted octanol–water partition coefficient (Wildman–Crippen LogP) is 3.80. The molecule has 1 aromatic rings. The minimum absolute atomic E-state index is 0.270. The third kappa shape index (κ3) is 6.74.